The van der Waals surface area contributed by atoms with Gasteiger partial charge in [-0.25, -0.2) is 0 Å². The van der Waals surface area contributed by atoms with Gasteiger partial charge in [0.2, 0.25) is 11.7 Å². The van der Waals surface area contributed by atoms with E-state index in [0.717, 1.165) is 5.84 Å². The second-order valence-electron chi connectivity index (χ2n) is 6.41. The van der Waals surface area contributed by atoms with Gasteiger partial charge in [-0.1, -0.05) is 29.7 Å². The van der Waals surface area contributed by atoms with Crippen molar-refractivity contribution < 1.29 is 19.3 Å². The third-order valence-corrected chi connectivity index (χ3v) is 4.57. The number of rotatable bonds is 8. The normalized spacial score (nSPS) is 18.2. The first-order valence-electron chi connectivity index (χ1n) is 9.16. The molecule has 0 spiro atoms. The SMILES string of the molecule is CCC1=NC(C)=C2C(=O)N(CC(=O)NCCCOc3cccc(Cl)c3)C=N[NH+]12. The van der Waals surface area contributed by atoms with E-state index in [0.29, 0.717) is 53.2 Å². The van der Waals surface area contributed by atoms with Crippen LogP contribution in [0.3, 0.4) is 0 Å². The zero-order valence-electron chi connectivity index (χ0n) is 15.9. The molecule has 148 valence electrons. The molecule has 0 saturated heterocycles. The van der Waals surface area contributed by atoms with Crippen LogP contribution in [0.25, 0.3) is 0 Å². The Bertz CT molecular complexity index is 865. The Morgan fingerprint density at radius 1 is 1.39 bits per heavy atom. The number of hydrogen-bond donors (Lipinski definition) is 2. The summed E-state index contributed by atoms with van der Waals surface area (Å²) in [4.78, 5) is 30.5. The van der Waals surface area contributed by atoms with Crippen molar-refractivity contribution in [1.82, 2.24) is 10.2 Å². The van der Waals surface area contributed by atoms with Gasteiger partial charge >= 0.3 is 5.91 Å². The zero-order valence-corrected chi connectivity index (χ0v) is 16.6. The lowest BCUT2D eigenvalue weighted by Gasteiger charge is -2.22. The number of benzene rings is 1. The van der Waals surface area contributed by atoms with E-state index >= 15 is 0 Å². The molecule has 8 nitrogen and oxygen atoms in total. The van der Waals surface area contributed by atoms with Crippen molar-refractivity contribution in [2.75, 3.05) is 19.7 Å². The fourth-order valence-electron chi connectivity index (χ4n) is 2.96. The molecule has 1 aromatic rings. The first-order valence-corrected chi connectivity index (χ1v) is 9.53. The van der Waals surface area contributed by atoms with E-state index < -0.39 is 0 Å². The number of amides is 2. The van der Waals surface area contributed by atoms with E-state index in [1.807, 2.05) is 19.1 Å². The molecule has 2 heterocycles. The molecule has 0 aliphatic carbocycles. The molecule has 9 heteroatoms. The summed E-state index contributed by atoms with van der Waals surface area (Å²) in [7, 11) is 0. The predicted molar refractivity (Wildman–Crippen MR) is 106 cm³/mol. The van der Waals surface area contributed by atoms with Gasteiger partial charge in [-0.15, -0.1) is 5.01 Å². The van der Waals surface area contributed by atoms with Crippen molar-refractivity contribution in [1.29, 1.82) is 0 Å². The summed E-state index contributed by atoms with van der Waals surface area (Å²) in [6.07, 6.45) is 2.75. The number of ether oxygens (including phenoxy) is 1. The van der Waals surface area contributed by atoms with Gasteiger partial charge < -0.3 is 10.1 Å². The second kappa shape index (κ2) is 8.99. The van der Waals surface area contributed by atoms with E-state index in [-0.39, 0.29) is 18.4 Å². The number of quaternary nitrogens is 1. The van der Waals surface area contributed by atoms with Gasteiger partial charge in [-0.2, -0.15) is 4.99 Å². The lowest BCUT2D eigenvalue weighted by Crippen LogP contribution is -3.09. The van der Waals surface area contributed by atoms with Crippen LogP contribution in [0.1, 0.15) is 26.7 Å². The predicted octanol–water partition coefficient (Wildman–Crippen LogP) is 0.949. The molecule has 0 fully saturated rings. The van der Waals surface area contributed by atoms with E-state index in [9.17, 15) is 9.59 Å². The maximum absolute atomic E-state index is 12.6. The topological polar surface area (TPSA) is 87.8 Å². The van der Waals surface area contributed by atoms with Crippen LogP contribution in [0, 0.1) is 0 Å². The van der Waals surface area contributed by atoms with Crippen LogP contribution < -0.4 is 15.1 Å². The molecule has 1 aromatic carbocycles. The highest BCUT2D eigenvalue weighted by Crippen LogP contribution is 2.17. The minimum atomic E-state index is -0.251. The zero-order chi connectivity index (χ0) is 20.1. The third kappa shape index (κ3) is 4.58. The Labute approximate surface area is 168 Å². The molecule has 1 unspecified atom stereocenters. The van der Waals surface area contributed by atoms with Crippen LogP contribution in [0.15, 0.2) is 45.8 Å². The Morgan fingerprint density at radius 2 is 2.21 bits per heavy atom. The van der Waals surface area contributed by atoms with Crippen LogP contribution in [0.2, 0.25) is 5.02 Å². The average molecular weight is 405 g/mol. The summed E-state index contributed by atoms with van der Waals surface area (Å²) in [5.74, 6) is 1.00. The molecule has 2 aliphatic rings. The minimum Gasteiger partial charge on any atom is -0.493 e. The van der Waals surface area contributed by atoms with Gasteiger partial charge in [0.1, 0.15) is 18.0 Å². The largest absolute Gasteiger partial charge is 0.493 e. The smallest absolute Gasteiger partial charge is 0.318 e. The Kier molecular flexibility index (Phi) is 6.43. The van der Waals surface area contributed by atoms with Crippen LogP contribution in [0.4, 0.5) is 0 Å². The number of aliphatic imine (C=N–C) groups is 1. The van der Waals surface area contributed by atoms with E-state index in [2.05, 4.69) is 15.4 Å². The number of fused-ring (bicyclic) bond motifs is 1. The van der Waals surface area contributed by atoms with Gasteiger partial charge in [0, 0.05) is 18.0 Å². The van der Waals surface area contributed by atoms with Crippen molar-refractivity contribution in [3.63, 3.8) is 0 Å². The molecular weight excluding hydrogens is 382 g/mol. The van der Waals surface area contributed by atoms with Crippen LogP contribution in [-0.4, -0.2) is 48.6 Å². The first-order chi connectivity index (χ1) is 13.5. The lowest BCUT2D eigenvalue weighted by molar-refractivity contribution is -0.765. The van der Waals surface area contributed by atoms with Crippen molar-refractivity contribution in [3.05, 3.63) is 40.7 Å². The molecule has 2 aliphatic heterocycles. The van der Waals surface area contributed by atoms with Crippen LogP contribution in [-0.2, 0) is 9.59 Å². The Morgan fingerprint density at radius 3 is 2.96 bits per heavy atom. The van der Waals surface area contributed by atoms with E-state index in [4.69, 9.17) is 16.3 Å². The van der Waals surface area contributed by atoms with Crippen molar-refractivity contribution >= 4 is 35.6 Å². The second-order valence-corrected chi connectivity index (χ2v) is 6.84. The molecule has 0 saturated carbocycles. The van der Waals surface area contributed by atoms with Crippen LogP contribution >= 0.6 is 11.6 Å². The summed E-state index contributed by atoms with van der Waals surface area (Å²) in [5.41, 5.74) is 1.14. The van der Waals surface area contributed by atoms with E-state index in [1.165, 1.54) is 11.2 Å². The molecule has 0 aromatic heterocycles. The molecular formula is C19H23ClN5O3+. The van der Waals surface area contributed by atoms with Gasteiger partial charge in [0.15, 0.2) is 6.34 Å². The first kappa shape index (κ1) is 20.0. The quantitative estimate of drug-likeness (QED) is 0.632. The Balaban J connectivity index is 1.42. The standard InChI is InChI=1S/C19H22ClN5O3/c1-3-16-23-13(2)18-19(27)24(12-22-25(16)18)11-17(26)21-8-5-9-28-15-7-4-6-14(20)10-15/h4,6-7,10,12H,3,5,8-9,11H2,1-2H3,(H,21,26)/p+1. The average Bonchev–Trinajstić information content (AvgIpc) is 3.00. The van der Waals surface area contributed by atoms with E-state index in [1.54, 1.807) is 19.1 Å². The highest BCUT2D eigenvalue weighted by Gasteiger charge is 2.41. The molecule has 3 rings (SSSR count). The highest BCUT2D eigenvalue weighted by atomic mass is 35.5. The number of carbonyl (C=O) groups excluding carboxylic acids is 2. The number of allylic oxidation sites excluding steroid dienone is 1. The van der Waals surface area contributed by atoms with Crippen molar-refractivity contribution in [3.8, 4) is 5.75 Å². The molecule has 2 amide bonds. The number of nitrogens with zero attached hydrogens (tertiary/aromatic N) is 3. The summed E-state index contributed by atoms with van der Waals surface area (Å²) < 4.78 is 5.57. The maximum Gasteiger partial charge on any atom is 0.318 e. The maximum atomic E-state index is 12.6. The fourth-order valence-corrected chi connectivity index (χ4v) is 3.14. The monoisotopic (exact) mass is 404 g/mol. The third-order valence-electron chi connectivity index (χ3n) is 4.33. The highest BCUT2D eigenvalue weighted by molar-refractivity contribution is 6.30. The number of halogens is 1. The summed E-state index contributed by atoms with van der Waals surface area (Å²) in [5, 5.41) is 8.35. The van der Waals surface area contributed by atoms with Crippen LogP contribution in [0.5, 0.6) is 5.75 Å². The number of nitrogens with one attached hydrogen (secondary N) is 2. The molecule has 28 heavy (non-hydrogen) atoms. The number of hydrogen-bond acceptors (Lipinski definition) is 5. The van der Waals surface area contributed by atoms with Gasteiger partial charge in [-0.05, 0) is 31.5 Å². The van der Waals surface area contributed by atoms with Crippen molar-refractivity contribution in [2.24, 2.45) is 10.1 Å². The summed E-state index contributed by atoms with van der Waals surface area (Å²) in [6, 6.07) is 7.15. The Hall–Kier alpha value is -2.71. The fraction of sp³-hybridized carbons (Fsp3) is 0.368. The van der Waals surface area contributed by atoms with Gasteiger partial charge in [0.25, 0.3) is 5.70 Å². The van der Waals surface area contributed by atoms with Gasteiger partial charge in [0.05, 0.1) is 6.61 Å². The van der Waals surface area contributed by atoms with Crippen molar-refractivity contribution in [2.45, 2.75) is 26.7 Å². The number of carbonyl (C=O) groups is 2. The summed E-state index contributed by atoms with van der Waals surface area (Å²) >= 11 is 5.90. The van der Waals surface area contributed by atoms with Gasteiger partial charge in [-0.3, -0.25) is 14.5 Å². The molecule has 1 atom stereocenters. The lowest BCUT2D eigenvalue weighted by atomic mass is 10.3. The summed E-state index contributed by atoms with van der Waals surface area (Å²) in [6.45, 7) is 4.57. The molecule has 2 N–H and O–H groups in total. The number of amidine groups is 1. The molecule has 0 radical (unpaired) electrons. The minimum absolute atomic E-state index is 0.0804. The molecule has 0 bridgehead atoms.